The van der Waals surface area contributed by atoms with Crippen LogP contribution in [0.2, 0.25) is 0 Å². The number of ether oxygens (including phenoxy) is 1. The predicted octanol–water partition coefficient (Wildman–Crippen LogP) is 0.861. The molecule has 0 spiro atoms. The number of aromatic nitrogens is 2. The SMILES string of the molecule is CCc1cc(COC2CCNC2)n(C)n1. The van der Waals surface area contributed by atoms with E-state index in [1.54, 1.807) is 0 Å². The second-order valence-electron chi connectivity index (χ2n) is 4.03. The molecule has 1 aromatic rings. The number of hydrogen-bond donors (Lipinski definition) is 1. The monoisotopic (exact) mass is 209 g/mol. The van der Waals surface area contributed by atoms with Gasteiger partial charge in [-0.1, -0.05) is 6.92 Å². The van der Waals surface area contributed by atoms with E-state index in [0.717, 1.165) is 31.6 Å². The van der Waals surface area contributed by atoms with Crippen LogP contribution in [0.3, 0.4) is 0 Å². The van der Waals surface area contributed by atoms with Gasteiger partial charge in [0.1, 0.15) is 0 Å². The minimum atomic E-state index is 0.380. The van der Waals surface area contributed by atoms with Crippen LogP contribution in [-0.2, 0) is 24.8 Å². The standard InChI is InChI=1S/C11H19N3O/c1-3-9-6-10(14(2)13-9)8-15-11-4-5-12-7-11/h6,11-12H,3-5,7-8H2,1-2H3. The second kappa shape index (κ2) is 4.77. The van der Waals surface area contributed by atoms with E-state index >= 15 is 0 Å². The van der Waals surface area contributed by atoms with E-state index in [0.29, 0.717) is 12.7 Å². The first-order valence-electron chi connectivity index (χ1n) is 5.63. The van der Waals surface area contributed by atoms with Gasteiger partial charge in [0.05, 0.1) is 24.1 Å². The molecular formula is C11H19N3O. The zero-order valence-corrected chi connectivity index (χ0v) is 9.49. The molecule has 0 aromatic carbocycles. The molecule has 1 aliphatic heterocycles. The quantitative estimate of drug-likeness (QED) is 0.799. The molecule has 2 heterocycles. The molecule has 0 saturated carbocycles. The largest absolute Gasteiger partial charge is 0.371 e. The number of aryl methyl sites for hydroxylation is 2. The summed E-state index contributed by atoms with van der Waals surface area (Å²) in [5.41, 5.74) is 2.30. The van der Waals surface area contributed by atoms with Crippen molar-refractivity contribution in [3.8, 4) is 0 Å². The topological polar surface area (TPSA) is 39.1 Å². The Morgan fingerprint density at radius 3 is 3.13 bits per heavy atom. The minimum Gasteiger partial charge on any atom is -0.371 e. The fourth-order valence-electron chi connectivity index (χ4n) is 1.85. The highest BCUT2D eigenvalue weighted by Crippen LogP contribution is 2.09. The fraction of sp³-hybridized carbons (Fsp3) is 0.727. The molecule has 0 radical (unpaired) electrons. The summed E-state index contributed by atoms with van der Waals surface area (Å²) in [5, 5.41) is 7.69. The molecule has 84 valence electrons. The average Bonchev–Trinajstić information content (AvgIpc) is 2.84. The van der Waals surface area contributed by atoms with E-state index in [9.17, 15) is 0 Å². The number of hydrogen-bond acceptors (Lipinski definition) is 3. The third-order valence-electron chi connectivity index (χ3n) is 2.87. The first-order chi connectivity index (χ1) is 7.29. The van der Waals surface area contributed by atoms with E-state index in [1.165, 1.54) is 5.69 Å². The van der Waals surface area contributed by atoms with Crippen molar-refractivity contribution in [3.05, 3.63) is 17.5 Å². The van der Waals surface area contributed by atoms with E-state index in [2.05, 4.69) is 23.4 Å². The number of rotatable bonds is 4. The van der Waals surface area contributed by atoms with Gasteiger partial charge in [-0.25, -0.2) is 0 Å². The fourth-order valence-corrected chi connectivity index (χ4v) is 1.85. The van der Waals surface area contributed by atoms with Crippen LogP contribution in [0.15, 0.2) is 6.07 Å². The van der Waals surface area contributed by atoms with Crippen molar-refractivity contribution in [2.75, 3.05) is 13.1 Å². The van der Waals surface area contributed by atoms with Crippen LogP contribution in [0.5, 0.6) is 0 Å². The zero-order valence-electron chi connectivity index (χ0n) is 9.49. The molecule has 1 N–H and O–H groups in total. The summed E-state index contributed by atoms with van der Waals surface area (Å²) in [6, 6.07) is 2.13. The Hall–Kier alpha value is -0.870. The third kappa shape index (κ3) is 2.58. The molecular weight excluding hydrogens is 190 g/mol. The highest BCUT2D eigenvalue weighted by atomic mass is 16.5. The summed E-state index contributed by atoms with van der Waals surface area (Å²) in [6.45, 7) is 4.86. The molecule has 0 aliphatic carbocycles. The Kier molecular flexibility index (Phi) is 3.38. The van der Waals surface area contributed by atoms with Crippen molar-refractivity contribution in [3.63, 3.8) is 0 Å². The van der Waals surface area contributed by atoms with Crippen LogP contribution in [0.1, 0.15) is 24.7 Å². The lowest BCUT2D eigenvalue weighted by molar-refractivity contribution is 0.0504. The van der Waals surface area contributed by atoms with Crippen LogP contribution < -0.4 is 5.32 Å². The lowest BCUT2D eigenvalue weighted by Crippen LogP contribution is -2.17. The summed E-state index contributed by atoms with van der Waals surface area (Å²) in [7, 11) is 1.98. The summed E-state index contributed by atoms with van der Waals surface area (Å²) in [6.07, 6.45) is 2.49. The van der Waals surface area contributed by atoms with Crippen molar-refractivity contribution < 1.29 is 4.74 Å². The normalized spacial score (nSPS) is 21.1. The van der Waals surface area contributed by atoms with Crippen LogP contribution in [-0.4, -0.2) is 29.0 Å². The van der Waals surface area contributed by atoms with Gasteiger partial charge < -0.3 is 10.1 Å². The Labute approximate surface area is 90.6 Å². The molecule has 1 aromatic heterocycles. The van der Waals surface area contributed by atoms with E-state index in [4.69, 9.17) is 4.74 Å². The highest BCUT2D eigenvalue weighted by Gasteiger charge is 2.15. The molecule has 0 bridgehead atoms. The van der Waals surface area contributed by atoms with Gasteiger partial charge in [-0.15, -0.1) is 0 Å². The van der Waals surface area contributed by atoms with Crippen molar-refractivity contribution >= 4 is 0 Å². The van der Waals surface area contributed by atoms with E-state index in [1.807, 2.05) is 11.7 Å². The van der Waals surface area contributed by atoms with Crippen molar-refractivity contribution in [1.29, 1.82) is 0 Å². The molecule has 1 atom stereocenters. The maximum absolute atomic E-state index is 5.80. The second-order valence-corrected chi connectivity index (χ2v) is 4.03. The lowest BCUT2D eigenvalue weighted by Gasteiger charge is -2.09. The van der Waals surface area contributed by atoms with Crippen molar-refractivity contribution in [2.24, 2.45) is 7.05 Å². The minimum absolute atomic E-state index is 0.380. The number of nitrogens with one attached hydrogen (secondary N) is 1. The molecule has 4 heteroatoms. The average molecular weight is 209 g/mol. The highest BCUT2D eigenvalue weighted by molar-refractivity contribution is 5.09. The van der Waals surface area contributed by atoms with Crippen molar-refractivity contribution in [1.82, 2.24) is 15.1 Å². The lowest BCUT2D eigenvalue weighted by atomic mass is 10.3. The van der Waals surface area contributed by atoms with E-state index < -0.39 is 0 Å². The zero-order chi connectivity index (χ0) is 10.7. The third-order valence-corrected chi connectivity index (χ3v) is 2.87. The summed E-state index contributed by atoms with van der Waals surface area (Å²) in [5.74, 6) is 0. The molecule has 1 saturated heterocycles. The van der Waals surface area contributed by atoms with Crippen LogP contribution in [0, 0.1) is 0 Å². The maximum Gasteiger partial charge on any atom is 0.0889 e. The van der Waals surface area contributed by atoms with Crippen LogP contribution >= 0.6 is 0 Å². The number of nitrogens with zero attached hydrogens (tertiary/aromatic N) is 2. The predicted molar refractivity (Wildman–Crippen MR) is 58.6 cm³/mol. The first kappa shape index (κ1) is 10.6. The molecule has 0 amide bonds. The van der Waals surface area contributed by atoms with Gasteiger partial charge in [0.2, 0.25) is 0 Å². The van der Waals surface area contributed by atoms with Crippen LogP contribution in [0.4, 0.5) is 0 Å². The Balaban J connectivity index is 1.89. The van der Waals surface area contributed by atoms with Gasteiger partial charge in [-0.2, -0.15) is 5.10 Å². The van der Waals surface area contributed by atoms with Gasteiger partial charge in [0.25, 0.3) is 0 Å². The Morgan fingerprint density at radius 1 is 1.67 bits per heavy atom. The van der Waals surface area contributed by atoms with Crippen LogP contribution in [0.25, 0.3) is 0 Å². The molecule has 1 aliphatic rings. The Bertz CT molecular complexity index is 316. The van der Waals surface area contributed by atoms with Gasteiger partial charge in [-0.05, 0) is 25.5 Å². The summed E-state index contributed by atoms with van der Waals surface area (Å²) >= 11 is 0. The van der Waals surface area contributed by atoms with Crippen molar-refractivity contribution in [2.45, 2.75) is 32.5 Å². The Morgan fingerprint density at radius 2 is 2.53 bits per heavy atom. The molecule has 2 rings (SSSR count). The molecule has 1 fully saturated rings. The van der Waals surface area contributed by atoms with Gasteiger partial charge in [0.15, 0.2) is 0 Å². The smallest absolute Gasteiger partial charge is 0.0889 e. The van der Waals surface area contributed by atoms with E-state index in [-0.39, 0.29) is 0 Å². The summed E-state index contributed by atoms with van der Waals surface area (Å²) < 4.78 is 7.72. The van der Waals surface area contributed by atoms with Gasteiger partial charge in [0, 0.05) is 13.6 Å². The molecule has 15 heavy (non-hydrogen) atoms. The maximum atomic E-state index is 5.80. The van der Waals surface area contributed by atoms with Gasteiger partial charge in [-0.3, -0.25) is 4.68 Å². The molecule has 1 unspecified atom stereocenters. The molecule has 4 nitrogen and oxygen atoms in total. The van der Waals surface area contributed by atoms with Gasteiger partial charge >= 0.3 is 0 Å². The first-order valence-corrected chi connectivity index (χ1v) is 5.63. The summed E-state index contributed by atoms with van der Waals surface area (Å²) in [4.78, 5) is 0.